The Morgan fingerprint density at radius 2 is 1.64 bits per heavy atom. The Labute approximate surface area is 210 Å². The van der Waals surface area contributed by atoms with Crippen LogP contribution in [0.4, 0.5) is 4.79 Å². The van der Waals surface area contributed by atoms with Gasteiger partial charge >= 0.3 is 6.03 Å². The third kappa shape index (κ3) is 4.56. The second-order valence-electron chi connectivity index (χ2n) is 9.21. The molecule has 0 saturated carbocycles. The molecular formula is C25H30N4O6S. The van der Waals surface area contributed by atoms with Gasteiger partial charge in [-0.15, -0.1) is 0 Å². The van der Waals surface area contributed by atoms with Crippen LogP contribution in [-0.4, -0.2) is 80.2 Å². The molecule has 0 radical (unpaired) electrons. The molecule has 1 unspecified atom stereocenters. The zero-order valence-electron chi connectivity index (χ0n) is 20.8. The molecule has 1 atom stereocenters. The number of hydrogen-bond acceptors (Lipinski definition) is 6. The number of nitrogens with one attached hydrogen (secondary N) is 1. The van der Waals surface area contributed by atoms with Gasteiger partial charge in [0, 0.05) is 26.2 Å². The Morgan fingerprint density at radius 3 is 2.22 bits per heavy atom. The van der Waals surface area contributed by atoms with E-state index < -0.39 is 40.0 Å². The number of amides is 4. The minimum Gasteiger partial charge on any atom is -0.497 e. The first-order chi connectivity index (χ1) is 17.0. The summed E-state index contributed by atoms with van der Waals surface area (Å²) < 4.78 is 32.6. The highest BCUT2D eigenvalue weighted by Crippen LogP contribution is 2.30. The van der Waals surface area contributed by atoms with Crippen molar-refractivity contribution in [1.82, 2.24) is 19.4 Å². The Hall–Kier alpha value is -3.44. The van der Waals surface area contributed by atoms with E-state index in [1.807, 2.05) is 13.8 Å². The lowest BCUT2D eigenvalue weighted by atomic mass is 9.92. The first kappa shape index (κ1) is 25.6. The average Bonchev–Trinajstić information content (AvgIpc) is 3.09. The van der Waals surface area contributed by atoms with E-state index in [-0.39, 0.29) is 31.1 Å². The molecule has 11 heteroatoms. The van der Waals surface area contributed by atoms with Gasteiger partial charge in [-0.25, -0.2) is 13.2 Å². The largest absolute Gasteiger partial charge is 0.497 e. The fraction of sp³-hybridized carbons (Fsp3) is 0.400. The van der Waals surface area contributed by atoms with Gasteiger partial charge in [-0.1, -0.05) is 18.2 Å². The first-order valence-corrected chi connectivity index (χ1v) is 13.0. The van der Waals surface area contributed by atoms with Crippen LogP contribution in [0.3, 0.4) is 0 Å². The molecule has 2 saturated heterocycles. The molecule has 0 aromatic heterocycles. The number of carbonyl (C=O) groups excluding carboxylic acids is 3. The standard InChI is InChI=1S/C25H30N4O6S/c1-17-5-10-21(15-18(17)2)36(33,34)28-13-11-27(12-14-28)22(30)16-29-23(31)25(3,26-24(29)32)19-6-8-20(35-4)9-7-19/h5-10,15H,11-14,16H2,1-4H3,(H,26,32). The maximum atomic E-state index is 13.2. The van der Waals surface area contributed by atoms with E-state index in [9.17, 15) is 22.8 Å². The van der Waals surface area contributed by atoms with Gasteiger partial charge < -0.3 is 15.0 Å². The second-order valence-corrected chi connectivity index (χ2v) is 11.1. The summed E-state index contributed by atoms with van der Waals surface area (Å²) in [5, 5.41) is 2.68. The minimum absolute atomic E-state index is 0.130. The van der Waals surface area contributed by atoms with E-state index in [1.165, 1.54) is 16.3 Å². The summed E-state index contributed by atoms with van der Waals surface area (Å²) in [5.41, 5.74) is 1.16. The Bertz CT molecular complexity index is 1300. The number of urea groups is 1. The molecule has 2 fully saturated rings. The number of methoxy groups -OCH3 is 1. The number of hydrogen-bond donors (Lipinski definition) is 1. The van der Waals surface area contributed by atoms with Crippen LogP contribution in [-0.2, 0) is 25.2 Å². The van der Waals surface area contributed by atoms with E-state index in [4.69, 9.17) is 4.74 Å². The summed E-state index contributed by atoms with van der Waals surface area (Å²) in [5.74, 6) is -0.326. The van der Waals surface area contributed by atoms with Crippen LogP contribution in [0.25, 0.3) is 0 Å². The number of carbonyl (C=O) groups is 3. The van der Waals surface area contributed by atoms with Crippen LogP contribution in [0, 0.1) is 13.8 Å². The Kier molecular flexibility index (Phi) is 6.80. The van der Waals surface area contributed by atoms with Gasteiger partial charge in [0.15, 0.2) is 0 Å². The lowest BCUT2D eigenvalue weighted by Gasteiger charge is -2.34. The van der Waals surface area contributed by atoms with Crippen LogP contribution in [0.15, 0.2) is 47.4 Å². The quantitative estimate of drug-likeness (QED) is 0.586. The lowest BCUT2D eigenvalue weighted by Crippen LogP contribution is -2.53. The molecule has 36 heavy (non-hydrogen) atoms. The van der Waals surface area contributed by atoms with Gasteiger partial charge in [-0.3, -0.25) is 14.5 Å². The highest BCUT2D eigenvalue weighted by Gasteiger charge is 2.49. The number of rotatable bonds is 6. The van der Waals surface area contributed by atoms with Crippen LogP contribution < -0.4 is 10.1 Å². The SMILES string of the molecule is COc1ccc(C2(C)NC(=O)N(CC(=O)N3CCN(S(=O)(=O)c4ccc(C)c(C)c4)CC3)C2=O)cc1. The molecule has 2 aliphatic heterocycles. The topological polar surface area (TPSA) is 116 Å². The number of aryl methyl sites for hydroxylation is 2. The van der Waals surface area contributed by atoms with Crippen molar-refractivity contribution < 1.29 is 27.5 Å². The summed E-state index contributed by atoms with van der Waals surface area (Å²) in [6, 6.07) is 11.1. The molecule has 192 valence electrons. The molecule has 0 spiro atoms. The number of benzene rings is 2. The van der Waals surface area contributed by atoms with Gasteiger partial charge in [-0.2, -0.15) is 4.31 Å². The summed E-state index contributed by atoms with van der Waals surface area (Å²) in [6.45, 7) is 5.55. The first-order valence-electron chi connectivity index (χ1n) is 11.6. The molecule has 0 aliphatic carbocycles. The minimum atomic E-state index is -3.68. The van der Waals surface area contributed by atoms with Gasteiger partial charge in [0.1, 0.15) is 17.8 Å². The summed E-state index contributed by atoms with van der Waals surface area (Å²) in [4.78, 5) is 41.3. The van der Waals surface area contributed by atoms with E-state index in [1.54, 1.807) is 49.4 Å². The summed E-state index contributed by atoms with van der Waals surface area (Å²) in [7, 11) is -2.15. The lowest BCUT2D eigenvalue weighted by molar-refractivity contribution is -0.139. The van der Waals surface area contributed by atoms with Crippen LogP contribution in [0.5, 0.6) is 5.75 Å². The van der Waals surface area contributed by atoms with Crippen molar-refractivity contribution in [1.29, 1.82) is 0 Å². The molecule has 2 aliphatic rings. The molecular weight excluding hydrogens is 484 g/mol. The average molecular weight is 515 g/mol. The van der Waals surface area contributed by atoms with Crippen molar-refractivity contribution in [3.05, 3.63) is 59.2 Å². The Balaban J connectivity index is 1.40. The van der Waals surface area contributed by atoms with Gasteiger partial charge in [0.05, 0.1) is 12.0 Å². The number of imide groups is 1. The maximum absolute atomic E-state index is 13.2. The number of sulfonamides is 1. The van der Waals surface area contributed by atoms with Crippen molar-refractivity contribution in [2.75, 3.05) is 39.8 Å². The normalized spacial score (nSPS) is 21.0. The van der Waals surface area contributed by atoms with Gasteiger partial charge in [0.25, 0.3) is 5.91 Å². The highest BCUT2D eigenvalue weighted by atomic mass is 32.2. The van der Waals surface area contributed by atoms with Crippen molar-refractivity contribution in [2.45, 2.75) is 31.2 Å². The van der Waals surface area contributed by atoms with Crippen molar-refractivity contribution >= 4 is 27.9 Å². The number of ether oxygens (including phenoxy) is 1. The van der Waals surface area contributed by atoms with Crippen molar-refractivity contribution in [2.24, 2.45) is 0 Å². The number of nitrogens with zero attached hydrogens (tertiary/aromatic N) is 3. The molecule has 2 aromatic rings. The van der Waals surface area contributed by atoms with Gasteiger partial charge in [-0.05, 0) is 61.7 Å². The summed E-state index contributed by atoms with van der Waals surface area (Å²) in [6.07, 6.45) is 0. The molecule has 2 heterocycles. The molecule has 2 aromatic carbocycles. The van der Waals surface area contributed by atoms with Crippen molar-refractivity contribution in [3.8, 4) is 5.75 Å². The fourth-order valence-electron chi connectivity index (χ4n) is 4.40. The summed E-state index contributed by atoms with van der Waals surface area (Å²) >= 11 is 0. The Morgan fingerprint density at radius 1 is 1.00 bits per heavy atom. The molecule has 1 N–H and O–H groups in total. The third-order valence-electron chi connectivity index (χ3n) is 6.94. The fourth-order valence-corrected chi connectivity index (χ4v) is 5.90. The van der Waals surface area contributed by atoms with E-state index in [2.05, 4.69) is 5.32 Å². The molecule has 4 amide bonds. The maximum Gasteiger partial charge on any atom is 0.325 e. The molecule has 0 bridgehead atoms. The third-order valence-corrected chi connectivity index (χ3v) is 8.84. The second kappa shape index (κ2) is 9.55. The van der Waals surface area contributed by atoms with Crippen molar-refractivity contribution in [3.63, 3.8) is 0 Å². The van der Waals surface area contributed by atoms with E-state index in [0.29, 0.717) is 11.3 Å². The predicted molar refractivity (Wildman–Crippen MR) is 132 cm³/mol. The van der Waals surface area contributed by atoms with Crippen LogP contribution >= 0.6 is 0 Å². The zero-order valence-corrected chi connectivity index (χ0v) is 21.6. The molecule has 4 rings (SSSR count). The van der Waals surface area contributed by atoms with Gasteiger partial charge in [0.2, 0.25) is 15.9 Å². The van der Waals surface area contributed by atoms with E-state index >= 15 is 0 Å². The molecule has 10 nitrogen and oxygen atoms in total. The highest BCUT2D eigenvalue weighted by molar-refractivity contribution is 7.89. The monoisotopic (exact) mass is 514 g/mol. The van der Waals surface area contributed by atoms with Crippen LogP contribution in [0.1, 0.15) is 23.6 Å². The smallest absolute Gasteiger partial charge is 0.325 e. The number of piperazine rings is 1. The van der Waals surface area contributed by atoms with Crippen LogP contribution in [0.2, 0.25) is 0 Å². The van der Waals surface area contributed by atoms with E-state index in [0.717, 1.165) is 16.0 Å². The predicted octanol–water partition coefficient (Wildman–Crippen LogP) is 1.61. The zero-order chi connectivity index (χ0) is 26.3.